The lowest BCUT2D eigenvalue weighted by Crippen LogP contribution is -2.46. The first-order valence-corrected chi connectivity index (χ1v) is 8.80. The first-order valence-electron chi connectivity index (χ1n) is 8.80. The minimum absolute atomic E-state index is 0.125. The highest BCUT2D eigenvalue weighted by Crippen LogP contribution is 2.26. The predicted octanol–water partition coefficient (Wildman–Crippen LogP) is 2.94. The number of likely N-dealkylation sites (tertiary alicyclic amines) is 1. The highest BCUT2D eigenvalue weighted by molar-refractivity contribution is 5.80. The lowest BCUT2D eigenvalue weighted by atomic mass is 9.97. The van der Waals surface area contributed by atoms with E-state index in [1.165, 1.54) is 12.1 Å². The van der Waals surface area contributed by atoms with Crippen LogP contribution >= 0.6 is 0 Å². The number of carbonyl (C=O) groups is 1. The molecule has 0 radical (unpaired) electrons. The summed E-state index contributed by atoms with van der Waals surface area (Å²) in [6.45, 7) is 3.51. The fraction of sp³-hybridized carbons (Fsp3) is 0.556. The monoisotopic (exact) mass is 387 g/mol. The van der Waals surface area contributed by atoms with E-state index in [0.717, 1.165) is 0 Å². The Bertz CT molecular complexity index is 657. The molecule has 1 saturated heterocycles. The van der Waals surface area contributed by atoms with Crippen molar-refractivity contribution in [2.75, 3.05) is 26.7 Å². The summed E-state index contributed by atoms with van der Waals surface area (Å²) in [5.74, 6) is 0.0200. The van der Waals surface area contributed by atoms with E-state index < -0.39 is 6.36 Å². The molecule has 1 aromatic carbocycles. The molecule has 0 bridgehead atoms. The fourth-order valence-electron chi connectivity index (χ4n) is 2.97. The van der Waals surface area contributed by atoms with Gasteiger partial charge in [-0.25, -0.2) is 0 Å². The van der Waals surface area contributed by atoms with Crippen molar-refractivity contribution in [2.45, 2.75) is 32.7 Å². The highest BCUT2D eigenvalue weighted by Gasteiger charge is 2.32. The molecular formula is C18H24F3N3O3. The second-order valence-corrected chi connectivity index (χ2v) is 6.07. The maximum atomic E-state index is 12.5. The molecule has 0 unspecified atom stereocenters. The summed E-state index contributed by atoms with van der Waals surface area (Å²) in [6.07, 6.45) is -3.45. The van der Waals surface area contributed by atoms with Gasteiger partial charge in [0.25, 0.3) is 0 Å². The molecule has 0 saturated carbocycles. The molecule has 150 valence electrons. The number of rotatable bonds is 5. The van der Waals surface area contributed by atoms with Crippen LogP contribution in [-0.2, 0) is 16.1 Å². The third kappa shape index (κ3) is 6.33. The van der Waals surface area contributed by atoms with Crippen LogP contribution in [0.1, 0.15) is 25.3 Å². The molecule has 0 spiro atoms. The van der Waals surface area contributed by atoms with Crippen LogP contribution in [0, 0.1) is 5.92 Å². The molecule has 1 heterocycles. The zero-order valence-corrected chi connectivity index (χ0v) is 15.4. The largest absolute Gasteiger partial charge is 0.573 e. The number of carbonyl (C=O) groups excluding carboxylic acids is 1. The van der Waals surface area contributed by atoms with Gasteiger partial charge >= 0.3 is 12.3 Å². The number of alkyl halides is 3. The summed E-state index contributed by atoms with van der Waals surface area (Å²) in [7, 11) is 1.61. The Morgan fingerprint density at radius 3 is 2.56 bits per heavy atom. The number of nitrogens with one attached hydrogen (secondary N) is 1. The summed E-state index contributed by atoms with van der Waals surface area (Å²) in [5, 5.41) is 3.06. The third-order valence-corrected chi connectivity index (χ3v) is 4.26. The highest BCUT2D eigenvalue weighted by atomic mass is 19.4. The average Bonchev–Trinajstić information content (AvgIpc) is 2.63. The molecule has 27 heavy (non-hydrogen) atoms. The summed E-state index contributed by atoms with van der Waals surface area (Å²) < 4.78 is 46.7. The van der Waals surface area contributed by atoms with Crippen molar-refractivity contribution in [1.82, 2.24) is 10.2 Å². The van der Waals surface area contributed by atoms with Crippen LogP contribution in [0.3, 0.4) is 0 Å². The molecule has 0 aromatic heterocycles. The Labute approximate surface area is 156 Å². The average molecular weight is 387 g/mol. The number of esters is 1. The number of benzene rings is 1. The Morgan fingerprint density at radius 1 is 1.30 bits per heavy atom. The lowest BCUT2D eigenvalue weighted by Gasteiger charge is -2.33. The van der Waals surface area contributed by atoms with Gasteiger partial charge in [0.2, 0.25) is 0 Å². The summed E-state index contributed by atoms with van der Waals surface area (Å²) in [6, 6.07) is 5.97. The predicted molar refractivity (Wildman–Crippen MR) is 94.3 cm³/mol. The number of halogens is 3. The number of ether oxygens (including phenoxy) is 2. The van der Waals surface area contributed by atoms with E-state index in [2.05, 4.69) is 15.0 Å². The maximum Gasteiger partial charge on any atom is 0.573 e. The van der Waals surface area contributed by atoms with Crippen LogP contribution in [-0.4, -0.2) is 49.9 Å². The molecule has 1 aliphatic heterocycles. The van der Waals surface area contributed by atoms with E-state index >= 15 is 0 Å². The van der Waals surface area contributed by atoms with Crippen molar-refractivity contribution in [2.24, 2.45) is 10.9 Å². The van der Waals surface area contributed by atoms with Gasteiger partial charge in [-0.05, 0) is 25.8 Å². The van der Waals surface area contributed by atoms with E-state index in [4.69, 9.17) is 4.74 Å². The molecule has 1 aliphatic rings. The number of piperidine rings is 1. The second-order valence-electron chi connectivity index (χ2n) is 6.07. The van der Waals surface area contributed by atoms with E-state index in [1.807, 2.05) is 4.90 Å². The number of hydrogen-bond donors (Lipinski definition) is 1. The first kappa shape index (κ1) is 20.9. The van der Waals surface area contributed by atoms with Gasteiger partial charge in [0.1, 0.15) is 5.75 Å². The second kappa shape index (κ2) is 9.48. The molecule has 1 aromatic rings. The molecular weight excluding hydrogens is 363 g/mol. The number of para-hydroxylation sites is 1. The number of nitrogens with zero attached hydrogens (tertiary/aromatic N) is 2. The molecule has 1 N–H and O–H groups in total. The van der Waals surface area contributed by atoms with E-state index in [1.54, 1.807) is 26.1 Å². The zero-order valence-electron chi connectivity index (χ0n) is 15.4. The Balaban J connectivity index is 1.93. The van der Waals surface area contributed by atoms with E-state index in [-0.39, 0.29) is 24.2 Å². The number of aliphatic imine (C=N–C) groups is 1. The third-order valence-electron chi connectivity index (χ3n) is 4.26. The molecule has 9 heteroatoms. The molecule has 0 aliphatic carbocycles. The van der Waals surface area contributed by atoms with Crippen LogP contribution in [0.5, 0.6) is 5.75 Å². The van der Waals surface area contributed by atoms with Gasteiger partial charge in [0.15, 0.2) is 5.96 Å². The Hall–Kier alpha value is -2.45. The van der Waals surface area contributed by atoms with Crippen molar-refractivity contribution in [1.29, 1.82) is 0 Å². The molecule has 6 nitrogen and oxygen atoms in total. The standard InChI is InChI=1S/C18H24F3N3O3/c1-3-26-16(25)13-8-10-24(11-9-13)17(22-2)23-12-14-6-4-5-7-15(14)27-18(19,20)21/h4-7,13H,3,8-12H2,1-2H3,(H,22,23). The minimum Gasteiger partial charge on any atom is -0.466 e. The van der Waals surface area contributed by atoms with Crippen molar-refractivity contribution < 1.29 is 27.4 Å². The van der Waals surface area contributed by atoms with Crippen molar-refractivity contribution >= 4 is 11.9 Å². The van der Waals surface area contributed by atoms with Crippen LogP contribution in [0.4, 0.5) is 13.2 Å². The van der Waals surface area contributed by atoms with Crippen molar-refractivity contribution in [3.8, 4) is 5.75 Å². The molecule has 0 amide bonds. The molecule has 1 fully saturated rings. The van der Waals surface area contributed by atoms with E-state index in [0.29, 0.717) is 44.1 Å². The smallest absolute Gasteiger partial charge is 0.466 e. The quantitative estimate of drug-likeness (QED) is 0.478. The van der Waals surface area contributed by atoms with Crippen LogP contribution in [0.25, 0.3) is 0 Å². The van der Waals surface area contributed by atoms with Gasteiger partial charge in [-0.2, -0.15) is 0 Å². The minimum atomic E-state index is -4.74. The summed E-state index contributed by atoms with van der Waals surface area (Å²) >= 11 is 0. The first-order chi connectivity index (χ1) is 12.8. The van der Waals surface area contributed by atoms with Gasteiger partial charge in [-0.1, -0.05) is 18.2 Å². The zero-order chi connectivity index (χ0) is 19.9. The normalized spacial score (nSPS) is 16.2. The SMILES string of the molecule is CCOC(=O)C1CCN(C(=NC)NCc2ccccc2OC(F)(F)F)CC1. The van der Waals surface area contributed by atoms with Crippen LogP contribution < -0.4 is 10.1 Å². The number of guanidine groups is 1. The van der Waals surface area contributed by atoms with E-state index in [9.17, 15) is 18.0 Å². The van der Waals surface area contributed by atoms with Crippen LogP contribution in [0.2, 0.25) is 0 Å². The van der Waals surface area contributed by atoms with Gasteiger partial charge in [-0.15, -0.1) is 13.2 Å². The van der Waals surface area contributed by atoms with Crippen LogP contribution in [0.15, 0.2) is 29.3 Å². The summed E-state index contributed by atoms with van der Waals surface area (Å²) in [4.78, 5) is 18.0. The van der Waals surface area contributed by atoms with Gasteiger partial charge in [-0.3, -0.25) is 9.79 Å². The van der Waals surface area contributed by atoms with Gasteiger partial charge in [0.05, 0.1) is 12.5 Å². The topological polar surface area (TPSA) is 63.2 Å². The molecule has 0 atom stereocenters. The van der Waals surface area contributed by atoms with Crippen molar-refractivity contribution in [3.63, 3.8) is 0 Å². The summed E-state index contributed by atoms with van der Waals surface area (Å²) in [5.41, 5.74) is 0.373. The lowest BCUT2D eigenvalue weighted by molar-refractivity contribution is -0.274. The van der Waals surface area contributed by atoms with Gasteiger partial charge < -0.3 is 19.7 Å². The molecule has 2 rings (SSSR count). The Morgan fingerprint density at radius 2 is 1.96 bits per heavy atom. The van der Waals surface area contributed by atoms with Gasteiger partial charge in [0, 0.05) is 32.2 Å². The number of hydrogen-bond acceptors (Lipinski definition) is 4. The fourth-order valence-corrected chi connectivity index (χ4v) is 2.97. The maximum absolute atomic E-state index is 12.5. The Kier molecular flexibility index (Phi) is 7.32. The van der Waals surface area contributed by atoms with Crippen molar-refractivity contribution in [3.05, 3.63) is 29.8 Å².